The minimum absolute atomic E-state index is 0.0528. The fraction of sp³-hybridized carbons (Fsp3) is 0.471. The van der Waals surface area contributed by atoms with Crippen molar-refractivity contribution in [3.63, 3.8) is 0 Å². The first-order valence-electron chi connectivity index (χ1n) is 7.32. The Hall–Kier alpha value is -0.870. The minimum Gasteiger partial charge on any atom is -0.490 e. The number of rotatable bonds is 2. The standard InChI is InChI=1S/C17H18O2S2/c1-16-13(7-10(9-18)20-16)11-5-4-6-12(11)14-8-15(19-3)21-17(14,16)2/h7-9H,4-6H2,1-3H3. The molecule has 21 heavy (non-hydrogen) atoms. The lowest BCUT2D eigenvalue weighted by Gasteiger charge is -2.46. The maximum absolute atomic E-state index is 11.3. The molecule has 2 aliphatic heterocycles. The lowest BCUT2D eigenvalue weighted by Crippen LogP contribution is -2.47. The second kappa shape index (κ2) is 4.32. The van der Waals surface area contributed by atoms with Gasteiger partial charge in [0.25, 0.3) is 0 Å². The van der Waals surface area contributed by atoms with Crippen LogP contribution >= 0.6 is 23.5 Å². The molecule has 0 aromatic rings. The van der Waals surface area contributed by atoms with Crippen LogP contribution in [0.1, 0.15) is 33.1 Å². The maximum atomic E-state index is 11.3. The second-order valence-electron chi connectivity index (χ2n) is 6.24. The number of ether oxygens (including phenoxy) is 1. The number of methoxy groups -OCH3 is 1. The monoisotopic (exact) mass is 318 g/mol. The molecule has 1 saturated carbocycles. The molecular formula is C17H18O2S2. The molecule has 1 fully saturated rings. The van der Waals surface area contributed by atoms with E-state index in [1.807, 2.05) is 11.8 Å². The molecule has 0 amide bonds. The zero-order valence-corrected chi connectivity index (χ0v) is 14.1. The van der Waals surface area contributed by atoms with Crippen LogP contribution in [-0.4, -0.2) is 22.9 Å². The topological polar surface area (TPSA) is 26.3 Å². The summed E-state index contributed by atoms with van der Waals surface area (Å²) in [6.45, 7) is 4.60. The van der Waals surface area contributed by atoms with Gasteiger partial charge in [0.1, 0.15) is 0 Å². The Morgan fingerprint density at radius 1 is 1.10 bits per heavy atom. The summed E-state index contributed by atoms with van der Waals surface area (Å²) in [6.07, 6.45) is 8.88. The second-order valence-corrected chi connectivity index (χ2v) is 9.16. The SMILES string of the molecule is COC1=CC2=C3CCCC3=C3C=C(C=O)SC3(C)C2(C)S1. The summed E-state index contributed by atoms with van der Waals surface area (Å²) in [5, 5.41) is 0.994. The summed E-state index contributed by atoms with van der Waals surface area (Å²) in [4.78, 5) is 12.2. The molecule has 2 atom stereocenters. The summed E-state index contributed by atoms with van der Waals surface area (Å²) < 4.78 is 5.41. The van der Waals surface area contributed by atoms with Crippen LogP contribution in [0, 0.1) is 0 Å². The highest BCUT2D eigenvalue weighted by Gasteiger charge is 2.59. The molecule has 0 radical (unpaired) electrons. The number of hydrogen-bond acceptors (Lipinski definition) is 4. The molecule has 0 saturated heterocycles. The Labute approximate surface area is 133 Å². The Morgan fingerprint density at radius 3 is 2.33 bits per heavy atom. The van der Waals surface area contributed by atoms with Crippen LogP contribution in [0.4, 0.5) is 0 Å². The molecule has 4 rings (SSSR count). The van der Waals surface area contributed by atoms with Crippen molar-refractivity contribution in [2.45, 2.75) is 42.6 Å². The third kappa shape index (κ3) is 1.55. The number of carbonyl (C=O) groups excluding carboxylic acids is 1. The fourth-order valence-electron chi connectivity index (χ4n) is 4.10. The molecule has 0 aromatic carbocycles. The number of allylic oxidation sites excluding steroid dienone is 5. The van der Waals surface area contributed by atoms with E-state index in [-0.39, 0.29) is 9.49 Å². The Kier molecular flexibility index (Phi) is 2.84. The van der Waals surface area contributed by atoms with E-state index in [1.165, 1.54) is 28.7 Å². The highest BCUT2D eigenvalue weighted by molar-refractivity contribution is 8.09. The van der Waals surface area contributed by atoms with Crippen LogP contribution in [0.2, 0.25) is 0 Å². The van der Waals surface area contributed by atoms with Gasteiger partial charge in [0.2, 0.25) is 0 Å². The number of aldehydes is 1. The average Bonchev–Trinajstić information content (AvgIpc) is 3.13. The van der Waals surface area contributed by atoms with E-state index in [0.29, 0.717) is 0 Å². The molecule has 2 aliphatic carbocycles. The zero-order chi connectivity index (χ0) is 14.8. The van der Waals surface area contributed by atoms with Gasteiger partial charge in [-0.2, -0.15) is 0 Å². The largest absolute Gasteiger partial charge is 0.490 e. The average molecular weight is 318 g/mol. The highest BCUT2D eigenvalue weighted by atomic mass is 32.2. The van der Waals surface area contributed by atoms with Crippen molar-refractivity contribution < 1.29 is 9.53 Å². The fourth-order valence-corrected chi connectivity index (χ4v) is 6.90. The molecule has 2 unspecified atom stereocenters. The van der Waals surface area contributed by atoms with E-state index in [9.17, 15) is 4.79 Å². The van der Waals surface area contributed by atoms with Crippen molar-refractivity contribution in [1.29, 1.82) is 0 Å². The first-order chi connectivity index (χ1) is 10.0. The molecule has 4 aliphatic rings. The molecule has 4 heteroatoms. The van der Waals surface area contributed by atoms with E-state index in [0.717, 1.165) is 29.1 Å². The number of fused-ring (bicyclic) bond motifs is 4. The van der Waals surface area contributed by atoms with Gasteiger partial charge in [-0.05, 0) is 67.6 Å². The van der Waals surface area contributed by atoms with E-state index >= 15 is 0 Å². The molecular weight excluding hydrogens is 300 g/mol. The Morgan fingerprint density at radius 2 is 1.71 bits per heavy atom. The van der Waals surface area contributed by atoms with Gasteiger partial charge in [-0.3, -0.25) is 4.79 Å². The Bertz CT molecular complexity index is 683. The van der Waals surface area contributed by atoms with Crippen LogP contribution in [-0.2, 0) is 9.53 Å². The number of thioether (sulfide) groups is 2. The van der Waals surface area contributed by atoms with Crippen molar-refractivity contribution in [1.82, 2.24) is 0 Å². The third-order valence-corrected chi connectivity index (χ3v) is 8.44. The predicted molar refractivity (Wildman–Crippen MR) is 89.1 cm³/mol. The van der Waals surface area contributed by atoms with Gasteiger partial charge in [0.15, 0.2) is 11.4 Å². The van der Waals surface area contributed by atoms with Gasteiger partial charge >= 0.3 is 0 Å². The Balaban J connectivity index is 1.98. The van der Waals surface area contributed by atoms with Gasteiger partial charge in [-0.25, -0.2) is 0 Å². The number of hydrogen-bond donors (Lipinski definition) is 0. The van der Waals surface area contributed by atoms with Gasteiger partial charge in [-0.1, -0.05) is 11.8 Å². The first-order valence-corrected chi connectivity index (χ1v) is 8.95. The summed E-state index contributed by atoms with van der Waals surface area (Å²) in [5.74, 6) is 0. The van der Waals surface area contributed by atoms with Crippen LogP contribution < -0.4 is 0 Å². The molecule has 2 heterocycles. The van der Waals surface area contributed by atoms with Gasteiger partial charge in [0.05, 0.1) is 16.6 Å². The molecule has 0 aromatic heterocycles. The van der Waals surface area contributed by atoms with E-state index < -0.39 is 0 Å². The number of carbonyl (C=O) groups is 1. The van der Waals surface area contributed by atoms with Gasteiger partial charge in [-0.15, -0.1) is 11.8 Å². The van der Waals surface area contributed by atoms with Crippen molar-refractivity contribution in [2.24, 2.45) is 0 Å². The quantitative estimate of drug-likeness (QED) is 0.707. The van der Waals surface area contributed by atoms with Crippen molar-refractivity contribution in [3.05, 3.63) is 44.4 Å². The molecule has 0 bridgehead atoms. The molecule has 0 N–H and O–H groups in total. The lowest BCUT2D eigenvalue weighted by atomic mass is 9.72. The smallest absolute Gasteiger partial charge is 0.156 e. The summed E-state index contributed by atoms with van der Waals surface area (Å²) in [6, 6.07) is 0. The van der Waals surface area contributed by atoms with E-state index in [4.69, 9.17) is 4.74 Å². The van der Waals surface area contributed by atoms with Crippen LogP contribution in [0.25, 0.3) is 0 Å². The van der Waals surface area contributed by atoms with E-state index in [1.54, 1.807) is 18.9 Å². The van der Waals surface area contributed by atoms with E-state index in [2.05, 4.69) is 26.0 Å². The summed E-state index contributed by atoms with van der Waals surface area (Å²) in [5.41, 5.74) is 5.81. The molecule has 110 valence electrons. The van der Waals surface area contributed by atoms with Crippen LogP contribution in [0.5, 0.6) is 0 Å². The van der Waals surface area contributed by atoms with Crippen molar-refractivity contribution in [3.8, 4) is 0 Å². The first kappa shape index (κ1) is 13.8. The highest BCUT2D eigenvalue weighted by Crippen LogP contribution is 2.67. The van der Waals surface area contributed by atoms with Gasteiger partial charge in [0, 0.05) is 4.91 Å². The predicted octanol–water partition coefficient (Wildman–Crippen LogP) is 4.36. The molecule has 2 nitrogen and oxygen atoms in total. The summed E-state index contributed by atoms with van der Waals surface area (Å²) in [7, 11) is 1.74. The van der Waals surface area contributed by atoms with Crippen LogP contribution in [0.3, 0.4) is 0 Å². The maximum Gasteiger partial charge on any atom is 0.156 e. The zero-order valence-electron chi connectivity index (χ0n) is 12.5. The van der Waals surface area contributed by atoms with Crippen LogP contribution in [0.15, 0.2) is 44.4 Å². The minimum atomic E-state index is -0.0802. The van der Waals surface area contributed by atoms with Crippen molar-refractivity contribution in [2.75, 3.05) is 7.11 Å². The van der Waals surface area contributed by atoms with Gasteiger partial charge < -0.3 is 4.74 Å². The molecule has 0 spiro atoms. The summed E-state index contributed by atoms with van der Waals surface area (Å²) >= 11 is 3.54. The lowest BCUT2D eigenvalue weighted by molar-refractivity contribution is -0.104. The third-order valence-electron chi connectivity index (χ3n) is 5.30. The normalized spacial score (nSPS) is 37.1. The van der Waals surface area contributed by atoms with Crippen molar-refractivity contribution >= 4 is 29.8 Å².